The summed E-state index contributed by atoms with van der Waals surface area (Å²) in [6.07, 6.45) is 0. The summed E-state index contributed by atoms with van der Waals surface area (Å²) in [5.41, 5.74) is 1.18. The van der Waals surface area contributed by atoms with E-state index in [1.54, 1.807) is 23.6 Å². The minimum absolute atomic E-state index is 0.115. The Balaban J connectivity index is 1.61. The van der Waals surface area contributed by atoms with Gasteiger partial charge in [0.15, 0.2) is 23.3 Å². The molecule has 3 rings (SSSR count). The van der Waals surface area contributed by atoms with Crippen molar-refractivity contribution in [3.8, 4) is 22.8 Å². The molecule has 0 aliphatic heterocycles. The number of hydrogen-bond donors (Lipinski definition) is 1. The van der Waals surface area contributed by atoms with Gasteiger partial charge in [-0.1, -0.05) is 18.2 Å². The van der Waals surface area contributed by atoms with Gasteiger partial charge in [0, 0.05) is 10.9 Å². The average molecular weight is 358 g/mol. The van der Waals surface area contributed by atoms with Crippen molar-refractivity contribution in [3.05, 3.63) is 59.7 Å². The van der Waals surface area contributed by atoms with Gasteiger partial charge in [0.2, 0.25) is 0 Å². The second kappa shape index (κ2) is 7.76. The fourth-order valence-electron chi connectivity index (χ4n) is 2.11. The van der Waals surface area contributed by atoms with Crippen molar-refractivity contribution in [2.24, 2.45) is 0 Å². The highest BCUT2D eigenvalue weighted by molar-refractivity contribution is 7.14. The molecule has 0 atom stereocenters. The van der Waals surface area contributed by atoms with Crippen LogP contribution in [0.3, 0.4) is 0 Å². The third-order valence-corrected chi connectivity index (χ3v) is 4.07. The molecule has 0 saturated carbocycles. The van der Waals surface area contributed by atoms with Crippen LogP contribution in [-0.2, 0) is 4.79 Å². The molecule has 0 unspecified atom stereocenters. The molecule has 1 heterocycles. The van der Waals surface area contributed by atoms with Crippen LogP contribution < -0.4 is 14.8 Å². The van der Waals surface area contributed by atoms with Crippen molar-refractivity contribution < 1.29 is 18.7 Å². The Kier molecular flexibility index (Phi) is 5.25. The minimum atomic E-state index is -0.463. The van der Waals surface area contributed by atoms with Gasteiger partial charge in [0.25, 0.3) is 5.91 Å². The zero-order valence-electron chi connectivity index (χ0n) is 13.4. The van der Waals surface area contributed by atoms with Crippen LogP contribution in [-0.4, -0.2) is 24.6 Å². The summed E-state index contributed by atoms with van der Waals surface area (Å²) in [5.74, 6) is 0.0114. The normalized spacial score (nSPS) is 10.3. The lowest BCUT2D eigenvalue weighted by molar-refractivity contribution is -0.118. The fraction of sp³-hybridized carbons (Fsp3) is 0.111. The standard InChI is InChI=1S/C18H15FN2O3S/c1-23-16-8-7-12(9-14(16)19)15-11-25-18(20-15)21-17(22)10-24-13-5-3-2-4-6-13/h2-9,11H,10H2,1H3,(H,20,21,22). The molecule has 0 radical (unpaired) electrons. The summed E-state index contributed by atoms with van der Waals surface area (Å²) in [5, 5.41) is 4.83. The zero-order valence-corrected chi connectivity index (χ0v) is 14.2. The Morgan fingerprint density at radius 2 is 2.04 bits per heavy atom. The van der Waals surface area contributed by atoms with Crippen LogP contribution in [0.15, 0.2) is 53.9 Å². The van der Waals surface area contributed by atoms with Crippen LogP contribution in [0.25, 0.3) is 11.3 Å². The molecule has 0 aliphatic carbocycles. The molecular formula is C18H15FN2O3S. The molecule has 1 N–H and O–H groups in total. The second-order valence-corrected chi connectivity index (χ2v) is 5.90. The van der Waals surface area contributed by atoms with E-state index in [9.17, 15) is 9.18 Å². The number of ether oxygens (including phenoxy) is 2. The predicted molar refractivity (Wildman–Crippen MR) is 94.6 cm³/mol. The molecule has 0 saturated heterocycles. The van der Waals surface area contributed by atoms with Crippen molar-refractivity contribution >= 4 is 22.4 Å². The van der Waals surface area contributed by atoms with Crippen LogP contribution in [0.2, 0.25) is 0 Å². The number of benzene rings is 2. The van der Waals surface area contributed by atoms with E-state index in [1.807, 2.05) is 18.2 Å². The van der Waals surface area contributed by atoms with Crippen molar-refractivity contribution in [1.82, 2.24) is 4.98 Å². The summed E-state index contributed by atoms with van der Waals surface area (Å²) in [7, 11) is 1.41. The maximum atomic E-state index is 13.8. The van der Waals surface area contributed by atoms with E-state index in [0.29, 0.717) is 22.1 Å². The maximum Gasteiger partial charge on any atom is 0.264 e. The largest absolute Gasteiger partial charge is 0.494 e. The smallest absolute Gasteiger partial charge is 0.264 e. The second-order valence-electron chi connectivity index (χ2n) is 5.04. The summed E-state index contributed by atoms with van der Waals surface area (Å²) in [6.45, 7) is -0.115. The first-order chi connectivity index (χ1) is 12.2. The van der Waals surface area contributed by atoms with E-state index >= 15 is 0 Å². The van der Waals surface area contributed by atoms with Gasteiger partial charge in [-0.15, -0.1) is 11.3 Å². The van der Waals surface area contributed by atoms with Crippen molar-refractivity contribution in [1.29, 1.82) is 0 Å². The monoisotopic (exact) mass is 358 g/mol. The first-order valence-corrected chi connectivity index (χ1v) is 8.31. The Bertz CT molecular complexity index is 868. The number of thiazole rings is 1. The summed E-state index contributed by atoms with van der Waals surface area (Å²) < 4.78 is 24.0. The van der Waals surface area contributed by atoms with Gasteiger partial charge in [0.1, 0.15) is 5.75 Å². The number of anilines is 1. The van der Waals surface area contributed by atoms with Crippen molar-refractivity contribution in [3.63, 3.8) is 0 Å². The van der Waals surface area contributed by atoms with Crippen LogP contribution >= 0.6 is 11.3 Å². The third kappa shape index (κ3) is 4.33. The Labute approximate surface area is 148 Å². The molecule has 128 valence electrons. The summed E-state index contributed by atoms with van der Waals surface area (Å²) >= 11 is 1.26. The molecule has 0 fully saturated rings. The lowest BCUT2D eigenvalue weighted by Gasteiger charge is -2.05. The molecule has 7 heteroatoms. The molecule has 1 aromatic heterocycles. The van der Waals surface area contributed by atoms with Gasteiger partial charge >= 0.3 is 0 Å². The summed E-state index contributed by atoms with van der Waals surface area (Å²) in [6, 6.07) is 13.7. The van der Waals surface area contributed by atoms with Crippen LogP contribution in [0.4, 0.5) is 9.52 Å². The molecular weight excluding hydrogens is 343 g/mol. The molecule has 5 nitrogen and oxygen atoms in total. The molecule has 2 aromatic carbocycles. The van der Waals surface area contributed by atoms with E-state index in [1.165, 1.54) is 30.6 Å². The molecule has 0 spiro atoms. The number of aromatic nitrogens is 1. The van der Waals surface area contributed by atoms with Crippen LogP contribution in [0.1, 0.15) is 0 Å². The quantitative estimate of drug-likeness (QED) is 0.724. The highest BCUT2D eigenvalue weighted by Crippen LogP contribution is 2.28. The van der Waals surface area contributed by atoms with E-state index in [4.69, 9.17) is 9.47 Å². The molecule has 0 aliphatic rings. The minimum Gasteiger partial charge on any atom is -0.494 e. The maximum absolute atomic E-state index is 13.8. The Hall–Kier alpha value is -2.93. The summed E-state index contributed by atoms with van der Waals surface area (Å²) in [4.78, 5) is 16.2. The van der Waals surface area contributed by atoms with E-state index < -0.39 is 5.82 Å². The van der Waals surface area contributed by atoms with Gasteiger partial charge in [-0.05, 0) is 30.3 Å². The number of carbonyl (C=O) groups is 1. The Morgan fingerprint density at radius 1 is 1.24 bits per heavy atom. The van der Waals surface area contributed by atoms with E-state index in [-0.39, 0.29) is 18.3 Å². The molecule has 25 heavy (non-hydrogen) atoms. The number of carbonyl (C=O) groups excluding carboxylic acids is 1. The fourth-order valence-corrected chi connectivity index (χ4v) is 2.85. The highest BCUT2D eigenvalue weighted by Gasteiger charge is 2.11. The lowest BCUT2D eigenvalue weighted by Crippen LogP contribution is -2.19. The van der Waals surface area contributed by atoms with Crippen LogP contribution in [0, 0.1) is 5.82 Å². The van der Waals surface area contributed by atoms with Crippen LogP contribution in [0.5, 0.6) is 11.5 Å². The van der Waals surface area contributed by atoms with Gasteiger partial charge in [-0.25, -0.2) is 9.37 Å². The highest BCUT2D eigenvalue weighted by atomic mass is 32.1. The number of rotatable bonds is 6. The number of para-hydroxylation sites is 1. The number of hydrogen-bond acceptors (Lipinski definition) is 5. The number of methoxy groups -OCH3 is 1. The van der Waals surface area contributed by atoms with Gasteiger partial charge in [0.05, 0.1) is 12.8 Å². The molecule has 3 aromatic rings. The van der Waals surface area contributed by atoms with Crippen molar-refractivity contribution in [2.75, 3.05) is 19.0 Å². The van der Waals surface area contributed by atoms with E-state index in [2.05, 4.69) is 10.3 Å². The predicted octanol–water partition coefficient (Wildman–Crippen LogP) is 3.98. The first kappa shape index (κ1) is 16.9. The topological polar surface area (TPSA) is 60.5 Å². The number of amides is 1. The number of nitrogens with one attached hydrogen (secondary N) is 1. The lowest BCUT2D eigenvalue weighted by atomic mass is 10.1. The molecule has 0 bridgehead atoms. The average Bonchev–Trinajstić information content (AvgIpc) is 3.09. The first-order valence-electron chi connectivity index (χ1n) is 7.43. The van der Waals surface area contributed by atoms with Gasteiger partial charge in [-0.2, -0.15) is 0 Å². The Morgan fingerprint density at radius 3 is 2.76 bits per heavy atom. The number of halogens is 1. The molecule has 1 amide bonds. The third-order valence-electron chi connectivity index (χ3n) is 3.31. The van der Waals surface area contributed by atoms with E-state index in [0.717, 1.165) is 0 Å². The zero-order chi connectivity index (χ0) is 17.6. The van der Waals surface area contributed by atoms with Crippen molar-refractivity contribution in [2.45, 2.75) is 0 Å². The number of nitrogens with zero attached hydrogens (tertiary/aromatic N) is 1. The van der Waals surface area contributed by atoms with Gasteiger partial charge < -0.3 is 9.47 Å². The SMILES string of the molecule is COc1ccc(-c2csc(NC(=O)COc3ccccc3)n2)cc1F. The van der Waals surface area contributed by atoms with Gasteiger partial charge in [-0.3, -0.25) is 10.1 Å².